The second-order valence-electron chi connectivity index (χ2n) is 4.83. The van der Waals surface area contributed by atoms with Crippen molar-refractivity contribution in [2.75, 3.05) is 19.0 Å². The molecule has 0 radical (unpaired) electrons. The molecule has 2 rings (SSSR count). The van der Waals surface area contributed by atoms with E-state index < -0.39 is 0 Å². The Labute approximate surface area is 119 Å². The van der Waals surface area contributed by atoms with E-state index in [0.717, 1.165) is 11.3 Å². The van der Waals surface area contributed by atoms with E-state index in [2.05, 4.69) is 37.4 Å². The summed E-state index contributed by atoms with van der Waals surface area (Å²) in [4.78, 5) is 11.4. The molecule has 0 heterocycles. The van der Waals surface area contributed by atoms with Gasteiger partial charge in [-0.1, -0.05) is 30.3 Å². The molecular weight excluding hydrogens is 250 g/mol. The molecule has 20 heavy (non-hydrogen) atoms. The third kappa shape index (κ3) is 3.25. The van der Waals surface area contributed by atoms with Crippen LogP contribution in [0.4, 0.5) is 5.69 Å². The summed E-state index contributed by atoms with van der Waals surface area (Å²) in [6.07, 6.45) is 0. The number of carbonyl (C=O) groups excluding carboxylic acids is 1. The third-order valence-electron chi connectivity index (χ3n) is 3.21. The second kappa shape index (κ2) is 6.35. The van der Waals surface area contributed by atoms with Gasteiger partial charge in [-0.3, -0.25) is 4.79 Å². The summed E-state index contributed by atoms with van der Waals surface area (Å²) in [6.45, 7) is 4.28. The number of hydrogen-bond acceptors (Lipinski definition) is 2. The highest BCUT2D eigenvalue weighted by Gasteiger charge is 2.06. The van der Waals surface area contributed by atoms with Gasteiger partial charge in [-0.25, -0.2) is 0 Å². The lowest BCUT2D eigenvalue weighted by atomic mass is 9.96. The summed E-state index contributed by atoms with van der Waals surface area (Å²) < 4.78 is 4.79. The van der Waals surface area contributed by atoms with Crippen molar-refractivity contribution in [1.82, 2.24) is 0 Å². The standard InChI is InChI=1S/C17H19NO2/c1-12-5-4-6-13(2)17(12)14-7-9-15(10-8-14)18-16(19)11-20-3/h4-10H,11H2,1-3H3,(H,18,19). The molecule has 2 aromatic carbocycles. The van der Waals surface area contributed by atoms with Crippen molar-refractivity contribution < 1.29 is 9.53 Å². The summed E-state index contributed by atoms with van der Waals surface area (Å²) >= 11 is 0. The number of hydrogen-bond donors (Lipinski definition) is 1. The molecule has 1 N–H and O–H groups in total. The van der Waals surface area contributed by atoms with Gasteiger partial charge in [-0.2, -0.15) is 0 Å². The smallest absolute Gasteiger partial charge is 0.250 e. The lowest BCUT2D eigenvalue weighted by Crippen LogP contribution is -2.16. The Hall–Kier alpha value is -2.13. The van der Waals surface area contributed by atoms with Gasteiger partial charge >= 0.3 is 0 Å². The van der Waals surface area contributed by atoms with Gasteiger partial charge in [0.15, 0.2) is 0 Å². The first-order valence-corrected chi connectivity index (χ1v) is 6.57. The second-order valence-corrected chi connectivity index (χ2v) is 4.83. The fraction of sp³-hybridized carbons (Fsp3) is 0.235. The first-order valence-electron chi connectivity index (χ1n) is 6.57. The van der Waals surface area contributed by atoms with Gasteiger partial charge < -0.3 is 10.1 Å². The summed E-state index contributed by atoms with van der Waals surface area (Å²) in [5, 5.41) is 2.79. The van der Waals surface area contributed by atoms with E-state index in [1.807, 2.05) is 24.3 Å². The van der Waals surface area contributed by atoms with E-state index in [1.54, 1.807) is 0 Å². The molecule has 104 valence electrons. The minimum absolute atomic E-state index is 0.0681. The van der Waals surface area contributed by atoms with Crippen LogP contribution in [0.3, 0.4) is 0 Å². The Kier molecular flexibility index (Phi) is 4.53. The molecule has 0 saturated heterocycles. The summed E-state index contributed by atoms with van der Waals surface area (Å²) in [7, 11) is 1.50. The van der Waals surface area contributed by atoms with E-state index in [9.17, 15) is 4.79 Å². The highest BCUT2D eigenvalue weighted by Crippen LogP contribution is 2.27. The molecule has 0 aromatic heterocycles. The summed E-state index contributed by atoms with van der Waals surface area (Å²) in [5.74, 6) is -0.146. The number of aryl methyl sites for hydroxylation is 2. The maximum Gasteiger partial charge on any atom is 0.250 e. The van der Waals surface area contributed by atoms with Crippen LogP contribution in [0.2, 0.25) is 0 Å². The zero-order chi connectivity index (χ0) is 14.5. The SMILES string of the molecule is COCC(=O)Nc1ccc(-c2c(C)cccc2C)cc1. The average molecular weight is 269 g/mol. The van der Waals surface area contributed by atoms with Gasteiger partial charge in [0.1, 0.15) is 6.61 Å². The van der Waals surface area contributed by atoms with Crippen molar-refractivity contribution in [3.63, 3.8) is 0 Å². The first kappa shape index (κ1) is 14.3. The van der Waals surface area contributed by atoms with Crippen molar-refractivity contribution in [2.24, 2.45) is 0 Å². The fourth-order valence-corrected chi connectivity index (χ4v) is 2.32. The molecule has 0 unspecified atom stereocenters. The van der Waals surface area contributed by atoms with Crippen molar-refractivity contribution >= 4 is 11.6 Å². The van der Waals surface area contributed by atoms with Crippen LogP contribution in [0.15, 0.2) is 42.5 Å². The normalized spacial score (nSPS) is 10.3. The van der Waals surface area contributed by atoms with Gasteiger partial charge in [0.2, 0.25) is 5.91 Å². The van der Waals surface area contributed by atoms with E-state index in [0.29, 0.717) is 0 Å². The van der Waals surface area contributed by atoms with Crippen LogP contribution in [-0.2, 0) is 9.53 Å². The lowest BCUT2D eigenvalue weighted by molar-refractivity contribution is -0.119. The number of amides is 1. The molecule has 0 aliphatic carbocycles. The van der Waals surface area contributed by atoms with Crippen molar-refractivity contribution in [3.05, 3.63) is 53.6 Å². The zero-order valence-corrected chi connectivity index (χ0v) is 12.1. The molecule has 2 aromatic rings. The number of methoxy groups -OCH3 is 1. The quantitative estimate of drug-likeness (QED) is 0.921. The topological polar surface area (TPSA) is 38.3 Å². The van der Waals surface area contributed by atoms with Crippen LogP contribution < -0.4 is 5.32 Å². The van der Waals surface area contributed by atoms with Gasteiger partial charge in [0, 0.05) is 12.8 Å². The van der Waals surface area contributed by atoms with Crippen molar-refractivity contribution in [1.29, 1.82) is 0 Å². The van der Waals surface area contributed by atoms with Gasteiger partial charge in [-0.15, -0.1) is 0 Å². The lowest BCUT2D eigenvalue weighted by Gasteiger charge is -2.11. The molecule has 0 aliphatic rings. The summed E-state index contributed by atoms with van der Waals surface area (Å²) in [5.41, 5.74) is 5.69. The fourth-order valence-electron chi connectivity index (χ4n) is 2.32. The van der Waals surface area contributed by atoms with Crippen LogP contribution in [0, 0.1) is 13.8 Å². The van der Waals surface area contributed by atoms with Gasteiger partial charge in [-0.05, 0) is 48.2 Å². The molecule has 3 heteroatoms. The minimum Gasteiger partial charge on any atom is -0.375 e. The molecule has 1 amide bonds. The number of anilines is 1. The third-order valence-corrected chi connectivity index (χ3v) is 3.21. The highest BCUT2D eigenvalue weighted by atomic mass is 16.5. The van der Waals surface area contributed by atoms with E-state index in [4.69, 9.17) is 4.74 Å². The minimum atomic E-state index is -0.146. The molecule has 0 bridgehead atoms. The van der Waals surface area contributed by atoms with Crippen LogP contribution in [0.1, 0.15) is 11.1 Å². The summed E-state index contributed by atoms with van der Waals surface area (Å²) in [6, 6.07) is 14.2. The highest BCUT2D eigenvalue weighted by molar-refractivity contribution is 5.92. The van der Waals surface area contributed by atoms with Gasteiger partial charge in [0.25, 0.3) is 0 Å². The maximum absolute atomic E-state index is 11.4. The maximum atomic E-state index is 11.4. The molecule has 3 nitrogen and oxygen atoms in total. The molecule has 0 spiro atoms. The largest absolute Gasteiger partial charge is 0.375 e. The van der Waals surface area contributed by atoms with E-state index in [1.165, 1.54) is 23.8 Å². The van der Waals surface area contributed by atoms with E-state index in [-0.39, 0.29) is 12.5 Å². The number of carbonyl (C=O) groups is 1. The van der Waals surface area contributed by atoms with Crippen molar-refractivity contribution in [2.45, 2.75) is 13.8 Å². The predicted molar refractivity (Wildman–Crippen MR) is 81.9 cm³/mol. The first-order chi connectivity index (χ1) is 9.61. The Balaban J connectivity index is 2.22. The molecule has 0 aliphatic heterocycles. The van der Waals surface area contributed by atoms with Crippen LogP contribution in [-0.4, -0.2) is 19.6 Å². The number of benzene rings is 2. The Morgan fingerprint density at radius 2 is 1.65 bits per heavy atom. The van der Waals surface area contributed by atoms with Crippen LogP contribution in [0.5, 0.6) is 0 Å². The Bertz CT molecular complexity index is 583. The number of rotatable bonds is 4. The Morgan fingerprint density at radius 3 is 2.20 bits per heavy atom. The average Bonchev–Trinajstić information content (AvgIpc) is 2.40. The van der Waals surface area contributed by atoms with Crippen LogP contribution >= 0.6 is 0 Å². The number of ether oxygens (including phenoxy) is 1. The van der Waals surface area contributed by atoms with E-state index >= 15 is 0 Å². The molecule has 0 saturated carbocycles. The number of nitrogens with one attached hydrogen (secondary N) is 1. The molecule has 0 atom stereocenters. The zero-order valence-electron chi connectivity index (χ0n) is 12.1. The van der Waals surface area contributed by atoms with Gasteiger partial charge in [0.05, 0.1) is 0 Å². The van der Waals surface area contributed by atoms with Crippen molar-refractivity contribution in [3.8, 4) is 11.1 Å². The predicted octanol–water partition coefficient (Wildman–Crippen LogP) is 3.56. The van der Waals surface area contributed by atoms with Crippen LogP contribution in [0.25, 0.3) is 11.1 Å². The molecule has 0 fully saturated rings. The monoisotopic (exact) mass is 269 g/mol. The Morgan fingerprint density at radius 1 is 1.05 bits per heavy atom. The molecular formula is C17H19NO2.